The molecular formula is C9H19O5P. The lowest BCUT2D eigenvalue weighted by Crippen LogP contribution is -2.10. The minimum absolute atomic E-state index is 0.0305. The van der Waals surface area contributed by atoms with E-state index in [1.807, 2.05) is 6.92 Å². The molecule has 2 N–H and O–H groups in total. The van der Waals surface area contributed by atoms with E-state index in [0.29, 0.717) is 6.42 Å². The largest absolute Gasteiger partial charge is 0.463 e. The van der Waals surface area contributed by atoms with Gasteiger partial charge in [0, 0.05) is 12.3 Å². The summed E-state index contributed by atoms with van der Waals surface area (Å²) in [4.78, 5) is 20.4. The number of aliphatic hydroxyl groups excluding tert-OH is 1. The summed E-state index contributed by atoms with van der Waals surface area (Å²) in [6.45, 7) is 1.66. The van der Waals surface area contributed by atoms with Crippen LogP contribution in [0, 0.1) is 0 Å². The molecular weight excluding hydrogens is 219 g/mol. The Kier molecular flexibility index (Phi) is 7.65. The van der Waals surface area contributed by atoms with Crippen molar-refractivity contribution in [2.75, 3.05) is 25.5 Å². The third-order valence-electron chi connectivity index (χ3n) is 1.88. The summed E-state index contributed by atoms with van der Waals surface area (Å²) in [5.41, 5.74) is 0. The Morgan fingerprint density at radius 3 is 2.60 bits per heavy atom. The maximum atomic E-state index is 11.4. The number of rotatable bonds is 8. The van der Waals surface area contributed by atoms with E-state index in [1.165, 1.54) is 0 Å². The maximum absolute atomic E-state index is 11.4. The minimum atomic E-state index is -3.16. The van der Waals surface area contributed by atoms with Gasteiger partial charge in [-0.15, -0.1) is 0 Å². The van der Waals surface area contributed by atoms with E-state index in [4.69, 9.17) is 5.11 Å². The molecule has 1 atom stereocenters. The van der Waals surface area contributed by atoms with Crippen LogP contribution in [0.3, 0.4) is 0 Å². The number of carbonyl (C=O) groups excluding carboxylic acids is 1. The summed E-state index contributed by atoms with van der Waals surface area (Å²) < 4.78 is 16.0. The fraction of sp³-hybridized carbons (Fsp3) is 0.889. The van der Waals surface area contributed by atoms with Gasteiger partial charge in [-0.05, 0) is 6.42 Å². The number of hydrogen-bond acceptors (Lipinski definition) is 4. The monoisotopic (exact) mass is 238 g/mol. The van der Waals surface area contributed by atoms with Gasteiger partial charge in [0.15, 0.2) is 0 Å². The molecule has 1 unspecified atom stereocenters. The van der Waals surface area contributed by atoms with E-state index in [0.717, 1.165) is 6.42 Å². The molecule has 6 heteroatoms. The van der Waals surface area contributed by atoms with Crippen LogP contribution in [0.4, 0.5) is 0 Å². The minimum Gasteiger partial charge on any atom is -0.463 e. The predicted molar refractivity (Wildman–Crippen MR) is 57.1 cm³/mol. The molecule has 0 rings (SSSR count). The Balaban J connectivity index is 3.72. The zero-order valence-corrected chi connectivity index (χ0v) is 9.91. The molecule has 0 spiro atoms. The van der Waals surface area contributed by atoms with Crippen molar-refractivity contribution in [1.29, 1.82) is 0 Å². The molecule has 0 bridgehead atoms. The molecule has 0 aromatic heterocycles. The molecule has 0 aromatic carbocycles. The molecule has 0 amide bonds. The quantitative estimate of drug-likeness (QED) is 0.486. The normalized spacial score (nSPS) is 14.6. The first-order valence-corrected chi connectivity index (χ1v) is 7.12. The number of esters is 1. The predicted octanol–water partition coefficient (Wildman–Crippen LogP) is 0.982. The fourth-order valence-electron chi connectivity index (χ4n) is 1.01. The van der Waals surface area contributed by atoms with E-state index in [2.05, 4.69) is 4.74 Å². The average molecular weight is 238 g/mol. The first-order chi connectivity index (χ1) is 7.02. The lowest BCUT2D eigenvalue weighted by molar-refractivity contribution is -0.144. The standard InChI is InChI=1S/C9H19O5P/c1-2-3-7-15(12,13)8-4-9(11)14-6-5-10/h10H,2-8H2,1H3,(H,12,13). The van der Waals surface area contributed by atoms with Crippen molar-refractivity contribution in [2.24, 2.45) is 0 Å². The fourth-order valence-corrected chi connectivity index (χ4v) is 2.58. The highest BCUT2D eigenvalue weighted by Gasteiger charge is 2.19. The summed E-state index contributed by atoms with van der Waals surface area (Å²) in [6, 6.07) is 0. The van der Waals surface area contributed by atoms with Crippen molar-refractivity contribution in [2.45, 2.75) is 26.2 Å². The molecule has 0 fully saturated rings. The highest BCUT2D eigenvalue weighted by Crippen LogP contribution is 2.41. The second kappa shape index (κ2) is 7.85. The van der Waals surface area contributed by atoms with E-state index in [1.54, 1.807) is 0 Å². The molecule has 15 heavy (non-hydrogen) atoms. The van der Waals surface area contributed by atoms with Gasteiger partial charge in [-0.2, -0.15) is 0 Å². The van der Waals surface area contributed by atoms with Gasteiger partial charge in [-0.1, -0.05) is 13.3 Å². The molecule has 90 valence electrons. The molecule has 0 radical (unpaired) electrons. The van der Waals surface area contributed by atoms with Crippen LogP contribution in [-0.2, 0) is 14.1 Å². The van der Waals surface area contributed by atoms with Crippen LogP contribution >= 0.6 is 7.37 Å². The number of hydrogen-bond donors (Lipinski definition) is 2. The molecule has 5 nitrogen and oxygen atoms in total. The Hall–Kier alpha value is -0.380. The summed E-state index contributed by atoms with van der Waals surface area (Å²) in [6.07, 6.45) is 1.73. The van der Waals surface area contributed by atoms with Crippen LogP contribution < -0.4 is 0 Å². The lowest BCUT2D eigenvalue weighted by atomic mass is 10.4. The topological polar surface area (TPSA) is 83.8 Å². The first-order valence-electron chi connectivity index (χ1n) is 5.09. The summed E-state index contributed by atoms with van der Waals surface area (Å²) in [7, 11) is -3.16. The summed E-state index contributed by atoms with van der Waals surface area (Å²) >= 11 is 0. The Labute approximate surface area is 89.9 Å². The van der Waals surface area contributed by atoms with Crippen LogP contribution in [0.1, 0.15) is 26.2 Å². The third-order valence-corrected chi connectivity index (χ3v) is 3.82. The van der Waals surface area contributed by atoms with Crippen molar-refractivity contribution in [3.8, 4) is 0 Å². The van der Waals surface area contributed by atoms with Crippen molar-refractivity contribution in [3.05, 3.63) is 0 Å². The highest BCUT2D eigenvalue weighted by atomic mass is 31.2. The molecule has 0 saturated heterocycles. The van der Waals surface area contributed by atoms with Gasteiger partial charge in [0.25, 0.3) is 0 Å². The van der Waals surface area contributed by atoms with Crippen molar-refractivity contribution in [3.63, 3.8) is 0 Å². The number of carbonyl (C=O) groups is 1. The zero-order valence-electron chi connectivity index (χ0n) is 9.02. The molecule has 0 saturated carbocycles. The van der Waals surface area contributed by atoms with Gasteiger partial charge in [0.1, 0.15) is 6.61 Å². The molecule has 0 heterocycles. The van der Waals surface area contributed by atoms with Crippen LogP contribution in [0.2, 0.25) is 0 Å². The number of ether oxygens (including phenoxy) is 1. The van der Waals surface area contributed by atoms with Crippen LogP contribution in [0.15, 0.2) is 0 Å². The molecule has 0 aliphatic carbocycles. The van der Waals surface area contributed by atoms with E-state index >= 15 is 0 Å². The maximum Gasteiger partial charge on any atom is 0.306 e. The van der Waals surface area contributed by atoms with E-state index in [-0.39, 0.29) is 32.0 Å². The first kappa shape index (κ1) is 14.6. The average Bonchev–Trinajstić information content (AvgIpc) is 2.21. The second-order valence-electron chi connectivity index (χ2n) is 3.34. The second-order valence-corrected chi connectivity index (χ2v) is 5.93. The zero-order chi connectivity index (χ0) is 11.7. The van der Waals surface area contributed by atoms with Gasteiger partial charge in [0.2, 0.25) is 7.37 Å². The van der Waals surface area contributed by atoms with Crippen molar-refractivity contribution < 1.29 is 24.1 Å². The third kappa shape index (κ3) is 8.60. The SMILES string of the molecule is CCCCP(=O)(O)CCC(=O)OCCO. The number of aliphatic hydroxyl groups is 1. The molecule has 0 aliphatic rings. The highest BCUT2D eigenvalue weighted by molar-refractivity contribution is 7.58. The molecule has 0 aliphatic heterocycles. The Morgan fingerprint density at radius 2 is 2.07 bits per heavy atom. The van der Waals surface area contributed by atoms with Gasteiger partial charge >= 0.3 is 5.97 Å². The van der Waals surface area contributed by atoms with Gasteiger partial charge < -0.3 is 14.7 Å². The molecule has 0 aromatic rings. The lowest BCUT2D eigenvalue weighted by Gasteiger charge is -2.10. The van der Waals surface area contributed by atoms with Gasteiger partial charge in [0.05, 0.1) is 13.0 Å². The Bertz CT molecular complexity index is 229. The van der Waals surface area contributed by atoms with Crippen molar-refractivity contribution in [1.82, 2.24) is 0 Å². The van der Waals surface area contributed by atoms with E-state index < -0.39 is 13.3 Å². The van der Waals surface area contributed by atoms with Gasteiger partial charge in [-0.3, -0.25) is 9.36 Å². The van der Waals surface area contributed by atoms with Crippen LogP contribution in [0.5, 0.6) is 0 Å². The van der Waals surface area contributed by atoms with Crippen LogP contribution in [0.25, 0.3) is 0 Å². The Morgan fingerprint density at radius 1 is 1.40 bits per heavy atom. The smallest absolute Gasteiger partial charge is 0.306 e. The van der Waals surface area contributed by atoms with Crippen molar-refractivity contribution >= 4 is 13.3 Å². The van der Waals surface area contributed by atoms with Gasteiger partial charge in [-0.25, -0.2) is 0 Å². The van der Waals surface area contributed by atoms with E-state index in [9.17, 15) is 14.3 Å². The number of unbranched alkanes of at least 4 members (excludes halogenated alkanes) is 1. The summed E-state index contributed by atoms with van der Waals surface area (Å²) in [5, 5.41) is 8.38. The van der Waals surface area contributed by atoms with Crippen LogP contribution in [-0.4, -0.2) is 41.5 Å². The summed E-state index contributed by atoms with van der Waals surface area (Å²) in [5.74, 6) is -0.533.